The van der Waals surface area contributed by atoms with Crippen LogP contribution in [0.2, 0.25) is 0 Å². The van der Waals surface area contributed by atoms with E-state index in [1.54, 1.807) is 0 Å². The van der Waals surface area contributed by atoms with E-state index in [0.717, 1.165) is 30.6 Å². The quantitative estimate of drug-likeness (QED) is 0.882. The van der Waals surface area contributed by atoms with Crippen LogP contribution in [-0.4, -0.2) is 16.7 Å². The third-order valence-electron chi connectivity index (χ3n) is 4.19. The van der Waals surface area contributed by atoms with Crippen molar-refractivity contribution in [1.29, 1.82) is 5.26 Å². The Balaban J connectivity index is 2.19. The van der Waals surface area contributed by atoms with Crippen LogP contribution >= 0.6 is 0 Å². The van der Waals surface area contributed by atoms with Crippen LogP contribution in [0.25, 0.3) is 0 Å². The second-order valence-corrected chi connectivity index (χ2v) is 5.94. The van der Waals surface area contributed by atoms with E-state index in [9.17, 15) is 5.26 Å². The highest BCUT2D eigenvalue weighted by Crippen LogP contribution is 2.51. The minimum absolute atomic E-state index is 0.435. The Labute approximate surface area is 115 Å². The van der Waals surface area contributed by atoms with Gasteiger partial charge in [-0.25, -0.2) is 0 Å². The fraction of sp³-hybridized carbons (Fsp3) is 0.667. The summed E-state index contributed by atoms with van der Waals surface area (Å²) in [7, 11) is 0. The van der Waals surface area contributed by atoms with E-state index < -0.39 is 0 Å². The zero-order valence-corrected chi connectivity index (χ0v) is 12.2. The second-order valence-electron chi connectivity index (χ2n) is 5.94. The molecule has 1 fully saturated rings. The van der Waals surface area contributed by atoms with Crippen molar-refractivity contribution in [3.05, 3.63) is 16.8 Å². The summed E-state index contributed by atoms with van der Waals surface area (Å²) in [5.41, 5.74) is 3.09. The summed E-state index contributed by atoms with van der Waals surface area (Å²) in [5, 5.41) is 21.1. The SMILES string of the molecule is CCc1nnc(NCC2CC2(C)C)c(C#N)c1CC. The molecule has 1 aromatic rings. The maximum Gasteiger partial charge on any atom is 0.166 e. The van der Waals surface area contributed by atoms with E-state index in [0.29, 0.717) is 22.7 Å². The molecule has 0 amide bonds. The van der Waals surface area contributed by atoms with Gasteiger partial charge in [-0.2, -0.15) is 10.4 Å². The largest absolute Gasteiger partial charge is 0.367 e. The van der Waals surface area contributed by atoms with Crippen molar-refractivity contribution < 1.29 is 0 Å². The smallest absolute Gasteiger partial charge is 0.166 e. The zero-order chi connectivity index (χ0) is 14.0. The van der Waals surface area contributed by atoms with Crippen LogP contribution in [-0.2, 0) is 12.8 Å². The lowest BCUT2D eigenvalue weighted by atomic mass is 10.0. The van der Waals surface area contributed by atoms with Gasteiger partial charge in [-0.05, 0) is 36.2 Å². The molecule has 1 saturated carbocycles. The summed E-state index contributed by atoms with van der Waals surface area (Å²) < 4.78 is 0. The molecule has 1 heterocycles. The van der Waals surface area contributed by atoms with Gasteiger partial charge in [0.15, 0.2) is 5.82 Å². The standard InChI is InChI=1S/C15H22N4/c1-5-11-12(8-16)14(19-18-13(11)6-2)17-9-10-7-15(10,3)4/h10H,5-7,9H2,1-4H3,(H,17,19). The number of nitrogens with zero attached hydrogens (tertiary/aromatic N) is 3. The minimum Gasteiger partial charge on any atom is -0.367 e. The lowest BCUT2D eigenvalue weighted by Gasteiger charge is -2.12. The maximum atomic E-state index is 9.38. The van der Waals surface area contributed by atoms with Crippen LogP contribution in [0.3, 0.4) is 0 Å². The number of aromatic nitrogens is 2. The fourth-order valence-electron chi connectivity index (χ4n) is 2.56. The van der Waals surface area contributed by atoms with Gasteiger partial charge in [-0.3, -0.25) is 0 Å². The molecule has 0 bridgehead atoms. The second kappa shape index (κ2) is 5.16. The van der Waals surface area contributed by atoms with Crippen molar-refractivity contribution >= 4 is 5.82 Å². The molecule has 0 aromatic carbocycles. The summed E-state index contributed by atoms with van der Waals surface area (Å²) in [6, 6.07) is 2.29. The summed E-state index contributed by atoms with van der Waals surface area (Å²) in [5.74, 6) is 1.33. The van der Waals surface area contributed by atoms with Gasteiger partial charge >= 0.3 is 0 Å². The predicted octanol–water partition coefficient (Wildman–Crippen LogP) is 2.93. The molecule has 19 heavy (non-hydrogen) atoms. The first-order valence-corrected chi connectivity index (χ1v) is 7.05. The molecule has 1 unspecified atom stereocenters. The maximum absolute atomic E-state index is 9.38. The summed E-state index contributed by atoms with van der Waals surface area (Å²) in [4.78, 5) is 0. The molecule has 2 rings (SSSR count). The number of anilines is 1. The Bertz CT molecular complexity index is 514. The number of aryl methyl sites for hydroxylation is 1. The van der Waals surface area contributed by atoms with Gasteiger partial charge in [-0.15, -0.1) is 5.10 Å². The van der Waals surface area contributed by atoms with Crippen molar-refractivity contribution in [2.24, 2.45) is 11.3 Å². The van der Waals surface area contributed by atoms with Crippen molar-refractivity contribution in [3.63, 3.8) is 0 Å². The van der Waals surface area contributed by atoms with Crippen molar-refractivity contribution in [2.75, 3.05) is 11.9 Å². The highest BCUT2D eigenvalue weighted by Gasteiger charge is 2.45. The van der Waals surface area contributed by atoms with Crippen LogP contribution in [0.5, 0.6) is 0 Å². The monoisotopic (exact) mass is 258 g/mol. The van der Waals surface area contributed by atoms with Gasteiger partial charge < -0.3 is 5.32 Å². The Hall–Kier alpha value is -1.63. The molecule has 1 aliphatic carbocycles. The third kappa shape index (κ3) is 2.70. The topological polar surface area (TPSA) is 61.6 Å². The number of nitrogens with one attached hydrogen (secondary N) is 1. The molecule has 0 spiro atoms. The van der Waals surface area contributed by atoms with E-state index in [1.165, 1.54) is 6.42 Å². The molecule has 1 aliphatic rings. The van der Waals surface area contributed by atoms with Crippen molar-refractivity contribution in [2.45, 2.75) is 47.0 Å². The molecule has 1 atom stereocenters. The predicted molar refractivity (Wildman–Crippen MR) is 75.9 cm³/mol. The van der Waals surface area contributed by atoms with Crippen molar-refractivity contribution in [1.82, 2.24) is 10.2 Å². The normalized spacial score (nSPS) is 19.8. The molecule has 0 saturated heterocycles. The lowest BCUT2D eigenvalue weighted by molar-refractivity contribution is 0.572. The van der Waals surface area contributed by atoms with Crippen LogP contribution in [0.15, 0.2) is 0 Å². The zero-order valence-electron chi connectivity index (χ0n) is 12.2. The van der Waals surface area contributed by atoms with E-state index in [-0.39, 0.29) is 0 Å². The molecule has 4 nitrogen and oxygen atoms in total. The van der Waals surface area contributed by atoms with E-state index >= 15 is 0 Å². The summed E-state index contributed by atoms with van der Waals surface area (Å²) >= 11 is 0. The molecule has 0 radical (unpaired) electrons. The molecular weight excluding hydrogens is 236 g/mol. The average Bonchev–Trinajstić information content (AvgIpc) is 3.02. The van der Waals surface area contributed by atoms with Gasteiger partial charge in [0.1, 0.15) is 11.6 Å². The number of hydrogen-bond donors (Lipinski definition) is 1. The average molecular weight is 258 g/mol. The van der Waals surface area contributed by atoms with E-state index in [1.807, 2.05) is 6.92 Å². The van der Waals surface area contributed by atoms with Gasteiger partial charge in [0.25, 0.3) is 0 Å². The van der Waals surface area contributed by atoms with E-state index in [2.05, 4.69) is 42.4 Å². The Morgan fingerprint density at radius 1 is 1.32 bits per heavy atom. The van der Waals surface area contributed by atoms with Crippen molar-refractivity contribution in [3.8, 4) is 6.07 Å². The molecule has 1 N–H and O–H groups in total. The van der Waals surface area contributed by atoms with Crippen LogP contribution in [0.1, 0.15) is 50.9 Å². The summed E-state index contributed by atoms with van der Waals surface area (Å²) in [6.07, 6.45) is 2.88. The molecule has 102 valence electrons. The van der Waals surface area contributed by atoms with Gasteiger partial charge in [-0.1, -0.05) is 27.7 Å². The van der Waals surface area contributed by atoms with Crippen LogP contribution < -0.4 is 5.32 Å². The van der Waals surface area contributed by atoms with Crippen LogP contribution in [0.4, 0.5) is 5.82 Å². The fourth-order valence-corrected chi connectivity index (χ4v) is 2.56. The molecule has 1 aromatic heterocycles. The van der Waals surface area contributed by atoms with Gasteiger partial charge in [0.05, 0.1) is 5.69 Å². The highest BCUT2D eigenvalue weighted by atomic mass is 15.2. The highest BCUT2D eigenvalue weighted by molar-refractivity contribution is 5.56. The number of hydrogen-bond acceptors (Lipinski definition) is 4. The Morgan fingerprint density at radius 2 is 2.00 bits per heavy atom. The Kier molecular flexibility index (Phi) is 3.75. The van der Waals surface area contributed by atoms with Gasteiger partial charge in [0, 0.05) is 6.54 Å². The molecular formula is C15H22N4. The molecule has 4 heteroatoms. The first-order chi connectivity index (χ1) is 9.03. The number of rotatable bonds is 5. The van der Waals surface area contributed by atoms with Crippen LogP contribution in [0, 0.1) is 22.7 Å². The van der Waals surface area contributed by atoms with E-state index in [4.69, 9.17) is 0 Å². The third-order valence-corrected chi connectivity index (χ3v) is 4.19. The summed E-state index contributed by atoms with van der Waals surface area (Å²) in [6.45, 7) is 9.53. The lowest BCUT2D eigenvalue weighted by Crippen LogP contribution is -2.13. The molecule has 0 aliphatic heterocycles. The minimum atomic E-state index is 0.435. The Morgan fingerprint density at radius 3 is 2.47 bits per heavy atom. The number of nitriles is 1. The first kappa shape index (κ1) is 13.8. The first-order valence-electron chi connectivity index (χ1n) is 7.05. The van der Waals surface area contributed by atoms with Gasteiger partial charge in [0.2, 0.25) is 0 Å².